The van der Waals surface area contributed by atoms with Crippen molar-refractivity contribution in [2.75, 3.05) is 32.8 Å². The first-order valence-corrected chi connectivity index (χ1v) is 29.0. The number of aliphatic hydroxyl groups excluding tert-OH is 1. The van der Waals surface area contributed by atoms with Gasteiger partial charge in [-0.2, -0.15) is 0 Å². The monoisotopic (exact) mass is 1180 g/mol. The maximum Gasteiger partial charge on any atom is 0.326 e. The highest BCUT2D eigenvalue weighted by Crippen LogP contribution is 2.22. The highest BCUT2D eigenvalue weighted by molar-refractivity contribution is 5.98. The van der Waals surface area contributed by atoms with Gasteiger partial charge in [0.2, 0.25) is 53.2 Å². The Morgan fingerprint density at radius 2 is 1.13 bits per heavy atom. The number of nitrogens with two attached hydrogens (primary N) is 4. The smallest absolute Gasteiger partial charge is 0.326 e. The maximum atomic E-state index is 14.8. The van der Waals surface area contributed by atoms with Crippen LogP contribution >= 0.6 is 0 Å². The largest absolute Gasteiger partial charge is 0.480 e. The number of rotatable bonds is 37. The van der Waals surface area contributed by atoms with Crippen molar-refractivity contribution in [3.63, 3.8) is 0 Å². The summed E-state index contributed by atoms with van der Waals surface area (Å²) in [5.74, 6) is -8.70. The number of carboxylic acids is 1. The van der Waals surface area contributed by atoms with Crippen LogP contribution in [0.3, 0.4) is 0 Å². The Morgan fingerprint density at radius 1 is 0.631 bits per heavy atom. The molecule has 1 saturated heterocycles. The molecule has 1 aliphatic rings. The van der Waals surface area contributed by atoms with E-state index < -0.39 is 133 Å². The fourth-order valence-corrected chi connectivity index (χ4v) is 9.47. The first kappa shape index (κ1) is 70.6. The Labute approximate surface area is 492 Å². The molecule has 0 radical (unpaired) electrons. The van der Waals surface area contributed by atoms with Crippen molar-refractivity contribution >= 4 is 65.1 Å². The highest BCUT2D eigenvalue weighted by atomic mass is 16.4. The first-order chi connectivity index (χ1) is 39.9. The highest BCUT2D eigenvalue weighted by Gasteiger charge is 2.41. The molecule has 1 fully saturated rings. The second-order valence-corrected chi connectivity index (χ2v) is 22.2. The van der Waals surface area contributed by atoms with E-state index in [4.69, 9.17) is 22.9 Å². The van der Waals surface area contributed by atoms with Gasteiger partial charge in [0.15, 0.2) is 5.96 Å². The van der Waals surface area contributed by atoms with E-state index >= 15 is 0 Å². The van der Waals surface area contributed by atoms with Gasteiger partial charge in [-0.05, 0) is 93.2 Å². The molecule has 26 nitrogen and oxygen atoms in total. The van der Waals surface area contributed by atoms with Gasteiger partial charge in [0.05, 0.1) is 13.2 Å². The van der Waals surface area contributed by atoms with Crippen molar-refractivity contribution in [1.29, 1.82) is 0 Å². The molecular weight excluding hydrogens is 1080 g/mol. The minimum absolute atomic E-state index is 0.0175. The molecule has 0 unspecified atom stereocenters. The van der Waals surface area contributed by atoms with Gasteiger partial charge in [-0.25, -0.2) is 4.79 Å². The van der Waals surface area contributed by atoms with Crippen LogP contribution < -0.4 is 65.5 Å². The molecule has 18 N–H and O–H groups in total. The van der Waals surface area contributed by atoms with Gasteiger partial charge in [0, 0.05) is 25.9 Å². The predicted molar refractivity (Wildman–Crippen MR) is 315 cm³/mol. The molecule has 84 heavy (non-hydrogen) atoms. The molecule has 3 rings (SSSR count). The molecule has 9 amide bonds. The fourth-order valence-electron chi connectivity index (χ4n) is 9.47. The summed E-state index contributed by atoms with van der Waals surface area (Å²) in [5, 5.41) is 40.7. The van der Waals surface area contributed by atoms with E-state index in [-0.39, 0.29) is 82.3 Å². The van der Waals surface area contributed by atoms with Crippen LogP contribution in [0.25, 0.3) is 0 Å². The minimum Gasteiger partial charge on any atom is -0.480 e. The van der Waals surface area contributed by atoms with E-state index in [2.05, 4.69) is 47.5 Å². The summed E-state index contributed by atoms with van der Waals surface area (Å²) in [7, 11) is 0. The van der Waals surface area contributed by atoms with E-state index in [0.717, 1.165) is 0 Å². The number of amides is 9. The lowest BCUT2D eigenvalue weighted by Gasteiger charge is -2.32. The van der Waals surface area contributed by atoms with Crippen molar-refractivity contribution in [3.8, 4) is 0 Å². The number of aliphatic hydroxyl groups is 1. The third-order valence-electron chi connectivity index (χ3n) is 14.2. The van der Waals surface area contributed by atoms with Gasteiger partial charge in [-0.15, -0.1) is 0 Å². The van der Waals surface area contributed by atoms with E-state index in [0.29, 0.717) is 43.4 Å². The van der Waals surface area contributed by atoms with Crippen molar-refractivity contribution in [1.82, 2.24) is 47.4 Å². The van der Waals surface area contributed by atoms with Crippen LogP contribution in [0.1, 0.15) is 117 Å². The number of likely N-dealkylation sites (tertiary alicyclic amines) is 1. The average Bonchev–Trinajstić information content (AvgIpc) is 4.02. The zero-order valence-corrected chi connectivity index (χ0v) is 49.4. The summed E-state index contributed by atoms with van der Waals surface area (Å²) in [6.07, 6.45) is 2.47. The van der Waals surface area contributed by atoms with Crippen LogP contribution in [0.15, 0.2) is 65.7 Å². The van der Waals surface area contributed by atoms with Crippen LogP contribution in [-0.2, 0) is 60.8 Å². The molecule has 0 aliphatic carbocycles. The Bertz CT molecular complexity index is 2500. The van der Waals surface area contributed by atoms with Crippen LogP contribution in [0.2, 0.25) is 0 Å². The van der Waals surface area contributed by atoms with E-state index in [1.807, 2.05) is 20.8 Å². The number of unbranched alkanes of at least 4 members (excludes halogenated alkanes) is 1. The number of hydrogen-bond donors (Lipinski definition) is 14. The summed E-state index contributed by atoms with van der Waals surface area (Å²) in [4.78, 5) is 143. The van der Waals surface area contributed by atoms with Crippen molar-refractivity contribution in [2.24, 2.45) is 45.7 Å². The Morgan fingerprint density at radius 3 is 1.64 bits per heavy atom. The number of aliphatic carboxylic acids is 1. The number of carbonyl (C=O) groups is 10. The number of aliphatic imine (C=N–C) groups is 1. The molecule has 0 bridgehead atoms. The van der Waals surface area contributed by atoms with Crippen LogP contribution in [-0.4, -0.2) is 167 Å². The molecule has 1 heterocycles. The second-order valence-electron chi connectivity index (χ2n) is 22.2. The normalized spacial score (nSPS) is 16.2. The van der Waals surface area contributed by atoms with Gasteiger partial charge in [0.1, 0.15) is 54.4 Å². The van der Waals surface area contributed by atoms with Crippen LogP contribution in [0.5, 0.6) is 0 Å². The first-order valence-electron chi connectivity index (χ1n) is 29.0. The topological polar surface area (TPSA) is 427 Å². The molecule has 1 aliphatic heterocycles. The van der Waals surface area contributed by atoms with Gasteiger partial charge >= 0.3 is 5.97 Å². The Balaban J connectivity index is 1.94. The molecule has 2 aromatic rings. The van der Waals surface area contributed by atoms with E-state index in [1.165, 1.54) is 4.90 Å². The van der Waals surface area contributed by atoms with Gasteiger partial charge < -0.3 is 80.6 Å². The number of benzene rings is 2. The lowest BCUT2D eigenvalue weighted by atomic mass is 9.96. The van der Waals surface area contributed by atoms with Gasteiger partial charge in [-0.3, -0.25) is 48.1 Å². The predicted octanol–water partition coefficient (Wildman–Crippen LogP) is -1.30. The van der Waals surface area contributed by atoms with Gasteiger partial charge in [-0.1, -0.05) is 109 Å². The maximum absolute atomic E-state index is 14.8. The standard InChI is InChI=1S/C58H92N14O12/c1-7-36(6)48(71-54(80)46-24-17-27-72(46)56(82)41(22-14-15-25-59)65-47(74)32-64-49(75)39(60)33-73)55(81)69-42(28-34(2)3)51(77)67-44(31-38-20-12-9-13-21-38)53(79)68-43(30-37-18-10-8-11-19-37)52(78)66-40(23-16-26-63-58(61)62)50(76)70-45(57(83)84)29-35(4)5/h8-13,18-21,34-36,39-46,48,73H,7,14-17,22-33,59-60H2,1-6H3,(H,64,75)(H,65,74)(H,66,78)(H,67,77)(H,68,79)(H,69,81)(H,70,76)(H,71,80)(H,83,84)(H4,61,62,63)/t36-,39-,40-,41-,42-,43-,44-,45-,46-,48-/m0/s1. The van der Waals surface area contributed by atoms with E-state index in [1.54, 1.807) is 81.4 Å². The summed E-state index contributed by atoms with van der Waals surface area (Å²) in [6, 6.07) is 6.39. The Hall–Kier alpha value is -7.71. The number of carboxylic acid groups (broad SMARTS) is 1. The summed E-state index contributed by atoms with van der Waals surface area (Å²) >= 11 is 0. The van der Waals surface area contributed by atoms with Crippen LogP contribution in [0.4, 0.5) is 0 Å². The van der Waals surface area contributed by atoms with E-state index in [9.17, 15) is 58.2 Å². The quantitative estimate of drug-likeness (QED) is 0.0212. The summed E-state index contributed by atoms with van der Waals surface area (Å²) in [5.41, 5.74) is 23.6. The van der Waals surface area contributed by atoms with Crippen molar-refractivity contribution in [2.45, 2.75) is 173 Å². The molecule has 0 aromatic heterocycles. The summed E-state index contributed by atoms with van der Waals surface area (Å²) < 4.78 is 0. The lowest BCUT2D eigenvalue weighted by Crippen LogP contribution is -2.61. The second kappa shape index (κ2) is 36.8. The molecule has 466 valence electrons. The zero-order valence-electron chi connectivity index (χ0n) is 49.4. The molecular formula is C58H92N14O12. The number of nitrogens with zero attached hydrogens (tertiary/aromatic N) is 2. The SMILES string of the molecule is CC[C@H](C)[C@H](NC(=O)[C@@H]1CCCN1C(=O)[C@H](CCCCN)NC(=O)CNC(=O)[C@@H](N)CO)C(=O)N[C@@H](CC(C)C)C(=O)N[C@@H](Cc1ccccc1)C(=O)N[C@@H](Cc1ccccc1)C(=O)N[C@@H](CCCN=C(N)N)C(=O)N[C@@H](CC(C)C)C(=O)O. The molecule has 10 atom stereocenters. The van der Waals surface area contributed by atoms with Crippen molar-refractivity contribution in [3.05, 3.63) is 71.8 Å². The third kappa shape index (κ3) is 24.6. The average molecular weight is 1180 g/mol. The van der Waals surface area contributed by atoms with Gasteiger partial charge in [0.25, 0.3) is 0 Å². The molecule has 26 heteroatoms. The minimum atomic E-state index is -1.36. The molecule has 2 aromatic carbocycles. The number of carbonyl (C=O) groups excluding carboxylic acids is 9. The van der Waals surface area contributed by atoms with Crippen molar-refractivity contribution < 1.29 is 58.2 Å². The third-order valence-corrected chi connectivity index (χ3v) is 14.2. The van der Waals surface area contributed by atoms with Crippen LogP contribution in [0, 0.1) is 17.8 Å². The number of hydrogen-bond acceptors (Lipinski definition) is 14. The summed E-state index contributed by atoms with van der Waals surface area (Å²) in [6.45, 7) is 10.3. The fraction of sp³-hybridized carbons (Fsp3) is 0.603. The molecule has 0 spiro atoms. The zero-order chi connectivity index (χ0) is 62.5. The number of nitrogens with one attached hydrogen (secondary N) is 8. The Kier molecular flexibility index (Phi) is 30.9. The molecule has 0 saturated carbocycles. The number of guanidine groups is 1. The lowest BCUT2D eigenvalue weighted by molar-refractivity contribution is -0.143.